The fourth-order valence-corrected chi connectivity index (χ4v) is 3.15. The second-order valence-corrected chi connectivity index (χ2v) is 6.76. The lowest BCUT2D eigenvalue weighted by Crippen LogP contribution is -2.30. The Morgan fingerprint density at radius 3 is 2.46 bits per heavy atom. The number of aryl methyl sites for hydroxylation is 1. The molecule has 0 aliphatic rings. The van der Waals surface area contributed by atoms with E-state index in [0.29, 0.717) is 18.2 Å². The molecule has 0 spiro atoms. The Bertz CT molecular complexity index is 896. The summed E-state index contributed by atoms with van der Waals surface area (Å²) in [4.78, 5) is 26.1. The summed E-state index contributed by atoms with van der Waals surface area (Å²) in [6.45, 7) is 2.30. The van der Waals surface area contributed by atoms with Crippen molar-refractivity contribution in [2.24, 2.45) is 5.73 Å². The van der Waals surface area contributed by atoms with Gasteiger partial charge in [0.05, 0.1) is 5.69 Å². The van der Waals surface area contributed by atoms with Crippen LogP contribution in [0, 0.1) is 0 Å². The number of pyridine rings is 1. The number of benzene rings is 1. The van der Waals surface area contributed by atoms with Crippen molar-refractivity contribution in [3.63, 3.8) is 0 Å². The molecule has 6 nitrogen and oxygen atoms in total. The van der Waals surface area contributed by atoms with Crippen LogP contribution in [-0.2, 0) is 6.42 Å². The summed E-state index contributed by atoms with van der Waals surface area (Å²) in [5, 5.41) is 0. The van der Waals surface area contributed by atoms with Crippen LogP contribution in [0.25, 0.3) is 11.3 Å². The van der Waals surface area contributed by atoms with Crippen molar-refractivity contribution in [1.82, 2.24) is 15.0 Å². The van der Waals surface area contributed by atoms with Crippen LogP contribution in [0.2, 0.25) is 0 Å². The van der Waals surface area contributed by atoms with Gasteiger partial charge in [-0.25, -0.2) is 4.98 Å². The third kappa shape index (κ3) is 5.76. The maximum Gasteiger partial charge on any atom is 0.252 e. The molecular weight excluding hydrogens is 350 g/mol. The first-order valence-corrected chi connectivity index (χ1v) is 9.77. The zero-order valence-corrected chi connectivity index (χ0v) is 16.1. The largest absolute Gasteiger partial charge is 0.342 e. The topological polar surface area (TPSA) is 87.9 Å². The summed E-state index contributed by atoms with van der Waals surface area (Å²) in [5.41, 5.74) is 8.37. The molecule has 3 aromatic rings. The molecule has 0 saturated carbocycles. The molecule has 28 heavy (non-hydrogen) atoms. The van der Waals surface area contributed by atoms with Crippen molar-refractivity contribution < 1.29 is 0 Å². The Morgan fingerprint density at radius 2 is 1.71 bits per heavy atom. The molecule has 0 bridgehead atoms. The quantitative estimate of drug-likeness (QED) is 0.530. The Kier molecular flexibility index (Phi) is 7.32. The first kappa shape index (κ1) is 19.8. The molecule has 1 aromatic carbocycles. The lowest BCUT2D eigenvalue weighted by Gasteiger charge is -2.23. The van der Waals surface area contributed by atoms with Gasteiger partial charge < -0.3 is 10.6 Å². The second kappa shape index (κ2) is 10.4. The standard InChI is InChI=1S/C22H27N5O/c23-12-4-5-15-27(16-6-9-18-7-2-1-3-8-18)22-25-20(17-21(28)26-22)19-10-13-24-14-11-19/h1-3,7-8,10-11,13-14,17H,4-6,9,12,15-16,23H2,(H,25,26,28). The van der Waals surface area contributed by atoms with Gasteiger partial charge in [0.25, 0.3) is 5.56 Å². The lowest BCUT2D eigenvalue weighted by atomic mass is 10.1. The van der Waals surface area contributed by atoms with Gasteiger partial charge >= 0.3 is 0 Å². The summed E-state index contributed by atoms with van der Waals surface area (Å²) in [5.74, 6) is 0.615. The van der Waals surface area contributed by atoms with E-state index in [1.54, 1.807) is 12.4 Å². The van der Waals surface area contributed by atoms with Gasteiger partial charge in [-0.15, -0.1) is 0 Å². The Morgan fingerprint density at radius 1 is 0.964 bits per heavy atom. The van der Waals surface area contributed by atoms with Crippen molar-refractivity contribution in [2.75, 3.05) is 24.5 Å². The number of nitrogens with two attached hydrogens (primary N) is 1. The lowest BCUT2D eigenvalue weighted by molar-refractivity contribution is 0.655. The molecule has 146 valence electrons. The number of nitrogens with zero attached hydrogens (tertiary/aromatic N) is 3. The van der Waals surface area contributed by atoms with E-state index in [0.717, 1.165) is 44.3 Å². The number of hydrogen-bond donors (Lipinski definition) is 2. The third-order valence-electron chi connectivity index (χ3n) is 4.62. The van der Waals surface area contributed by atoms with E-state index in [4.69, 9.17) is 10.7 Å². The first-order chi connectivity index (χ1) is 13.8. The maximum atomic E-state index is 12.3. The molecule has 2 heterocycles. The Labute approximate surface area is 165 Å². The molecule has 2 aromatic heterocycles. The highest BCUT2D eigenvalue weighted by Gasteiger charge is 2.12. The van der Waals surface area contributed by atoms with Gasteiger partial charge in [-0.05, 0) is 49.9 Å². The molecule has 0 radical (unpaired) electrons. The molecule has 0 amide bonds. The van der Waals surface area contributed by atoms with Crippen LogP contribution >= 0.6 is 0 Å². The predicted octanol–water partition coefficient (Wildman–Crippen LogP) is 3.01. The summed E-state index contributed by atoms with van der Waals surface area (Å²) in [6.07, 6.45) is 7.29. The average molecular weight is 377 g/mol. The summed E-state index contributed by atoms with van der Waals surface area (Å²) < 4.78 is 0. The van der Waals surface area contributed by atoms with Crippen LogP contribution in [0.3, 0.4) is 0 Å². The van der Waals surface area contributed by atoms with E-state index in [-0.39, 0.29) is 5.56 Å². The van der Waals surface area contributed by atoms with E-state index >= 15 is 0 Å². The smallest absolute Gasteiger partial charge is 0.252 e. The fourth-order valence-electron chi connectivity index (χ4n) is 3.15. The molecule has 3 N–H and O–H groups in total. The van der Waals surface area contributed by atoms with Crippen LogP contribution < -0.4 is 16.2 Å². The number of aromatic amines is 1. The molecule has 0 aliphatic heterocycles. The summed E-state index contributed by atoms with van der Waals surface area (Å²) >= 11 is 0. The highest BCUT2D eigenvalue weighted by Crippen LogP contribution is 2.17. The first-order valence-electron chi connectivity index (χ1n) is 9.77. The fraction of sp³-hybridized carbons (Fsp3) is 0.318. The Hall–Kier alpha value is -2.99. The highest BCUT2D eigenvalue weighted by atomic mass is 16.1. The molecule has 0 saturated heterocycles. The number of unbranched alkanes of at least 4 members (excludes halogenated alkanes) is 1. The van der Waals surface area contributed by atoms with Crippen LogP contribution in [0.15, 0.2) is 65.7 Å². The molecule has 6 heteroatoms. The number of aromatic nitrogens is 3. The van der Waals surface area contributed by atoms with Crippen molar-refractivity contribution in [1.29, 1.82) is 0 Å². The number of anilines is 1. The third-order valence-corrected chi connectivity index (χ3v) is 4.62. The SMILES string of the molecule is NCCCCN(CCCc1ccccc1)c1nc(-c2ccncc2)cc(=O)[nH]1. The van der Waals surface area contributed by atoms with Gasteiger partial charge in [0.1, 0.15) is 0 Å². The minimum Gasteiger partial charge on any atom is -0.342 e. The average Bonchev–Trinajstić information content (AvgIpc) is 2.74. The summed E-state index contributed by atoms with van der Waals surface area (Å²) in [6, 6.07) is 15.7. The van der Waals surface area contributed by atoms with Crippen molar-refractivity contribution in [3.8, 4) is 11.3 Å². The van der Waals surface area contributed by atoms with Gasteiger partial charge in [0.2, 0.25) is 5.95 Å². The van der Waals surface area contributed by atoms with E-state index in [1.165, 1.54) is 11.6 Å². The van der Waals surface area contributed by atoms with Gasteiger partial charge in [-0.1, -0.05) is 30.3 Å². The molecule has 0 atom stereocenters. The van der Waals surface area contributed by atoms with Gasteiger partial charge in [0, 0.05) is 37.1 Å². The van der Waals surface area contributed by atoms with Crippen LogP contribution in [-0.4, -0.2) is 34.6 Å². The zero-order chi connectivity index (χ0) is 19.6. The van der Waals surface area contributed by atoms with Gasteiger partial charge in [-0.3, -0.25) is 14.8 Å². The monoisotopic (exact) mass is 377 g/mol. The maximum absolute atomic E-state index is 12.3. The molecule has 0 unspecified atom stereocenters. The minimum absolute atomic E-state index is 0.149. The molecule has 0 aliphatic carbocycles. The van der Waals surface area contributed by atoms with Crippen LogP contribution in [0.4, 0.5) is 5.95 Å². The number of nitrogens with one attached hydrogen (secondary N) is 1. The minimum atomic E-state index is -0.149. The van der Waals surface area contributed by atoms with E-state index in [9.17, 15) is 4.79 Å². The highest BCUT2D eigenvalue weighted by molar-refractivity contribution is 5.59. The van der Waals surface area contributed by atoms with Crippen molar-refractivity contribution in [3.05, 3.63) is 76.8 Å². The second-order valence-electron chi connectivity index (χ2n) is 6.76. The van der Waals surface area contributed by atoms with Crippen LogP contribution in [0.5, 0.6) is 0 Å². The van der Waals surface area contributed by atoms with E-state index in [2.05, 4.69) is 39.1 Å². The van der Waals surface area contributed by atoms with E-state index < -0.39 is 0 Å². The molecule has 3 rings (SSSR count). The van der Waals surface area contributed by atoms with Gasteiger partial charge in [-0.2, -0.15) is 0 Å². The van der Waals surface area contributed by atoms with Crippen molar-refractivity contribution in [2.45, 2.75) is 25.7 Å². The Balaban J connectivity index is 1.76. The number of rotatable bonds is 10. The molecule has 0 fully saturated rings. The van der Waals surface area contributed by atoms with E-state index in [1.807, 2.05) is 18.2 Å². The van der Waals surface area contributed by atoms with Gasteiger partial charge in [0.15, 0.2) is 0 Å². The van der Waals surface area contributed by atoms with Crippen molar-refractivity contribution >= 4 is 5.95 Å². The van der Waals surface area contributed by atoms with Crippen LogP contribution in [0.1, 0.15) is 24.8 Å². The summed E-state index contributed by atoms with van der Waals surface area (Å²) in [7, 11) is 0. The normalized spacial score (nSPS) is 10.8. The number of H-pyrrole nitrogens is 1. The predicted molar refractivity (Wildman–Crippen MR) is 113 cm³/mol. The number of hydrogen-bond acceptors (Lipinski definition) is 5. The zero-order valence-electron chi connectivity index (χ0n) is 16.1. The molecular formula is C22H27N5O.